The summed E-state index contributed by atoms with van der Waals surface area (Å²) in [5.74, 6) is -0.809. The predicted octanol–water partition coefficient (Wildman–Crippen LogP) is 2.27. The summed E-state index contributed by atoms with van der Waals surface area (Å²) >= 11 is 0. The SMILES string of the molecule is CC[C@@H](C)N(C(=O)COC(=O)c1cccc(C)c1C)[C@@H]1CCS(=O)(=O)C1. The molecule has 1 fully saturated rings. The van der Waals surface area contributed by atoms with Gasteiger partial charge >= 0.3 is 5.97 Å². The maximum absolute atomic E-state index is 12.7. The summed E-state index contributed by atoms with van der Waals surface area (Å²) in [5.41, 5.74) is 2.24. The van der Waals surface area contributed by atoms with Gasteiger partial charge in [0.05, 0.1) is 17.1 Å². The van der Waals surface area contributed by atoms with Crippen molar-refractivity contribution in [3.05, 3.63) is 34.9 Å². The van der Waals surface area contributed by atoms with E-state index in [4.69, 9.17) is 4.74 Å². The summed E-state index contributed by atoms with van der Waals surface area (Å²) in [5, 5.41) is 0. The molecule has 26 heavy (non-hydrogen) atoms. The van der Waals surface area contributed by atoms with Gasteiger partial charge in [0, 0.05) is 12.1 Å². The Labute approximate surface area is 155 Å². The highest BCUT2D eigenvalue weighted by Crippen LogP contribution is 2.22. The van der Waals surface area contributed by atoms with Crippen LogP contribution in [-0.4, -0.2) is 55.4 Å². The number of amides is 1. The fraction of sp³-hybridized carbons (Fsp3) is 0.579. The van der Waals surface area contributed by atoms with Crippen LogP contribution in [0, 0.1) is 13.8 Å². The highest BCUT2D eigenvalue weighted by molar-refractivity contribution is 7.91. The van der Waals surface area contributed by atoms with E-state index in [0.29, 0.717) is 18.4 Å². The molecule has 2 rings (SSSR count). The minimum absolute atomic E-state index is 0.0198. The molecule has 0 saturated carbocycles. The molecule has 1 aromatic rings. The standard InChI is InChI=1S/C19H27NO5S/c1-5-14(3)20(16-9-10-26(23,24)12-16)18(21)11-25-19(22)17-8-6-7-13(2)15(17)4/h6-8,14,16H,5,9-12H2,1-4H3/t14-,16-/m1/s1. The van der Waals surface area contributed by atoms with Gasteiger partial charge in [0.1, 0.15) is 0 Å². The van der Waals surface area contributed by atoms with Crippen molar-refractivity contribution in [1.29, 1.82) is 0 Å². The van der Waals surface area contributed by atoms with Crippen molar-refractivity contribution in [2.75, 3.05) is 18.1 Å². The molecular formula is C19H27NO5S. The van der Waals surface area contributed by atoms with E-state index in [9.17, 15) is 18.0 Å². The molecule has 1 aromatic carbocycles. The minimum Gasteiger partial charge on any atom is -0.452 e. The van der Waals surface area contributed by atoms with Gasteiger partial charge in [0.2, 0.25) is 0 Å². The Balaban J connectivity index is 2.07. The minimum atomic E-state index is -3.10. The van der Waals surface area contributed by atoms with Crippen LogP contribution in [0.2, 0.25) is 0 Å². The number of esters is 1. The lowest BCUT2D eigenvalue weighted by Gasteiger charge is -2.33. The van der Waals surface area contributed by atoms with Crippen molar-refractivity contribution in [2.45, 2.75) is 52.6 Å². The fourth-order valence-corrected chi connectivity index (χ4v) is 4.96. The molecule has 1 heterocycles. The van der Waals surface area contributed by atoms with Gasteiger partial charge in [-0.1, -0.05) is 19.1 Å². The number of benzene rings is 1. The monoisotopic (exact) mass is 381 g/mol. The molecule has 1 aliphatic rings. The van der Waals surface area contributed by atoms with Crippen molar-refractivity contribution in [2.24, 2.45) is 0 Å². The van der Waals surface area contributed by atoms with Crippen LogP contribution in [0.25, 0.3) is 0 Å². The van der Waals surface area contributed by atoms with E-state index in [1.807, 2.05) is 33.8 Å². The quantitative estimate of drug-likeness (QED) is 0.706. The highest BCUT2D eigenvalue weighted by atomic mass is 32.2. The van der Waals surface area contributed by atoms with Gasteiger partial charge in [-0.15, -0.1) is 0 Å². The number of carbonyl (C=O) groups excluding carboxylic acids is 2. The zero-order valence-electron chi connectivity index (χ0n) is 15.8. The normalized spacial score (nSPS) is 19.8. The molecule has 0 aliphatic carbocycles. The number of rotatable bonds is 6. The van der Waals surface area contributed by atoms with Crippen LogP contribution in [-0.2, 0) is 19.4 Å². The number of carbonyl (C=O) groups is 2. The number of sulfone groups is 1. The Morgan fingerprint density at radius 1 is 1.31 bits per heavy atom. The first-order valence-corrected chi connectivity index (χ1v) is 10.7. The Hall–Kier alpha value is -1.89. The first-order valence-electron chi connectivity index (χ1n) is 8.91. The van der Waals surface area contributed by atoms with Crippen LogP contribution in [0.3, 0.4) is 0 Å². The van der Waals surface area contributed by atoms with Gasteiger partial charge in [-0.05, 0) is 50.8 Å². The summed E-state index contributed by atoms with van der Waals surface area (Å²) in [4.78, 5) is 26.6. The Morgan fingerprint density at radius 2 is 2.00 bits per heavy atom. The first kappa shape index (κ1) is 20.4. The topological polar surface area (TPSA) is 80.8 Å². The van der Waals surface area contributed by atoms with Crippen LogP contribution < -0.4 is 0 Å². The van der Waals surface area contributed by atoms with E-state index in [1.165, 1.54) is 0 Å². The molecule has 0 radical (unpaired) electrons. The molecule has 144 valence electrons. The third-order valence-electron chi connectivity index (χ3n) is 5.11. The molecule has 1 saturated heterocycles. The Kier molecular flexibility index (Phi) is 6.44. The van der Waals surface area contributed by atoms with Gasteiger partial charge in [0.15, 0.2) is 16.4 Å². The summed E-state index contributed by atoms with van der Waals surface area (Å²) in [7, 11) is -3.10. The maximum atomic E-state index is 12.7. The van der Waals surface area contributed by atoms with Crippen molar-refractivity contribution in [1.82, 2.24) is 4.90 Å². The summed E-state index contributed by atoms with van der Waals surface area (Å²) in [6, 6.07) is 4.89. The van der Waals surface area contributed by atoms with Crippen molar-refractivity contribution in [3.63, 3.8) is 0 Å². The zero-order chi connectivity index (χ0) is 19.5. The lowest BCUT2D eigenvalue weighted by molar-refractivity contribution is -0.138. The largest absolute Gasteiger partial charge is 0.452 e. The molecule has 0 N–H and O–H groups in total. The highest BCUT2D eigenvalue weighted by Gasteiger charge is 2.36. The van der Waals surface area contributed by atoms with Gasteiger partial charge in [-0.3, -0.25) is 4.79 Å². The summed E-state index contributed by atoms with van der Waals surface area (Å²) in [6.45, 7) is 7.18. The molecular weight excluding hydrogens is 354 g/mol. The van der Waals surface area contributed by atoms with E-state index >= 15 is 0 Å². The number of nitrogens with zero attached hydrogens (tertiary/aromatic N) is 1. The molecule has 0 bridgehead atoms. The van der Waals surface area contributed by atoms with Gasteiger partial charge in [0.25, 0.3) is 5.91 Å². The van der Waals surface area contributed by atoms with Crippen LogP contribution >= 0.6 is 0 Å². The summed E-state index contributed by atoms with van der Waals surface area (Å²) < 4.78 is 28.8. The number of ether oxygens (including phenoxy) is 1. The average molecular weight is 381 g/mol. The molecule has 6 nitrogen and oxygen atoms in total. The Bertz CT molecular complexity index is 787. The second-order valence-corrected chi connectivity index (χ2v) is 9.17. The van der Waals surface area contributed by atoms with Crippen LogP contribution in [0.15, 0.2) is 18.2 Å². The van der Waals surface area contributed by atoms with Crippen LogP contribution in [0.5, 0.6) is 0 Å². The fourth-order valence-electron chi connectivity index (χ4n) is 3.25. The lowest BCUT2D eigenvalue weighted by Crippen LogP contribution is -2.48. The molecule has 0 spiro atoms. The predicted molar refractivity (Wildman–Crippen MR) is 99.9 cm³/mol. The van der Waals surface area contributed by atoms with E-state index in [1.54, 1.807) is 17.0 Å². The molecule has 1 aliphatic heterocycles. The van der Waals surface area contributed by atoms with E-state index in [2.05, 4.69) is 0 Å². The first-order chi connectivity index (χ1) is 12.2. The maximum Gasteiger partial charge on any atom is 0.338 e. The van der Waals surface area contributed by atoms with E-state index < -0.39 is 15.8 Å². The van der Waals surface area contributed by atoms with Crippen molar-refractivity contribution < 1.29 is 22.7 Å². The number of hydrogen-bond acceptors (Lipinski definition) is 5. The third kappa shape index (κ3) is 4.63. The second kappa shape index (κ2) is 8.20. The zero-order valence-corrected chi connectivity index (χ0v) is 16.6. The van der Waals surface area contributed by atoms with Crippen molar-refractivity contribution >= 4 is 21.7 Å². The van der Waals surface area contributed by atoms with Crippen LogP contribution in [0.4, 0.5) is 0 Å². The Morgan fingerprint density at radius 3 is 2.58 bits per heavy atom. The smallest absolute Gasteiger partial charge is 0.338 e. The van der Waals surface area contributed by atoms with E-state index in [0.717, 1.165) is 11.1 Å². The van der Waals surface area contributed by atoms with E-state index in [-0.39, 0.29) is 36.1 Å². The van der Waals surface area contributed by atoms with Gasteiger partial charge < -0.3 is 9.64 Å². The average Bonchev–Trinajstić information content (AvgIpc) is 2.94. The molecule has 2 atom stereocenters. The molecule has 0 aromatic heterocycles. The number of aryl methyl sites for hydroxylation is 1. The number of hydrogen-bond donors (Lipinski definition) is 0. The molecule has 1 amide bonds. The van der Waals surface area contributed by atoms with Gasteiger partial charge in [-0.2, -0.15) is 0 Å². The molecule has 0 unspecified atom stereocenters. The third-order valence-corrected chi connectivity index (χ3v) is 6.86. The summed E-state index contributed by atoms with van der Waals surface area (Å²) in [6.07, 6.45) is 1.14. The molecule has 7 heteroatoms. The lowest BCUT2D eigenvalue weighted by atomic mass is 10.0. The van der Waals surface area contributed by atoms with Crippen LogP contribution in [0.1, 0.15) is 48.2 Å². The van der Waals surface area contributed by atoms with Crippen molar-refractivity contribution in [3.8, 4) is 0 Å². The van der Waals surface area contributed by atoms with Gasteiger partial charge in [-0.25, -0.2) is 13.2 Å². The second-order valence-electron chi connectivity index (χ2n) is 6.94.